The summed E-state index contributed by atoms with van der Waals surface area (Å²) in [5.74, 6) is 0.0682. The average Bonchev–Trinajstić information content (AvgIpc) is 1.84. The minimum absolute atomic E-state index is 0.0682. The molecule has 3 heteroatoms. The molecule has 2 atom stereocenters. The van der Waals surface area contributed by atoms with Gasteiger partial charge in [0.25, 0.3) is 0 Å². The van der Waals surface area contributed by atoms with E-state index in [4.69, 9.17) is 5.73 Å². The first kappa shape index (κ1) is 10.6. The van der Waals surface area contributed by atoms with Crippen molar-refractivity contribution in [2.45, 2.75) is 45.8 Å². The van der Waals surface area contributed by atoms with E-state index in [9.17, 15) is 4.79 Å². The maximum absolute atomic E-state index is 11.2. The van der Waals surface area contributed by atoms with Gasteiger partial charge in [-0.05, 0) is 13.8 Å². The standard InChI is InChI=1S/C8H18N2O/c1-5(2)10-7(4)8(11)6(3)9/h5-7,10H,9H2,1-4H3. The quantitative estimate of drug-likeness (QED) is 0.618. The molecule has 2 unspecified atom stereocenters. The van der Waals surface area contributed by atoms with Crippen LogP contribution in [0.15, 0.2) is 0 Å². The zero-order chi connectivity index (χ0) is 9.02. The van der Waals surface area contributed by atoms with Crippen molar-refractivity contribution in [1.82, 2.24) is 5.32 Å². The van der Waals surface area contributed by atoms with Gasteiger partial charge in [-0.3, -0.25) is 4.79 Å². The van der Waals surface area contributed by atoms with Crippen LogP contribution in [0.4, 0.5) is 0 Å². The number of hydrogen-bond donors (Lipinski definition) is 2. The monoisotopic (exact) mass is 158 g/mol. The maximum atomic E-state index is 11.2. The van der Waals surface area contributed by atoms with Gasteiger partial charge in [-0.2, -0.15) is 0 Å². The Balaban J connectivity index is 3.83. The van der Waals surface area contributed by atoms with Crippen molar-refractivity contribution in [3.8, 4) is 0 Å². The van der Waals surface area contributed by atoms with Gasteiger partial charge in [0.05, 0.1) is 12.1 Å². The molecule has 0 bridgehead atoms. The van der Waals surface area contributed by atoms with Gasteiger partial charge in [0.2, 0.25) is 0 Å². The predicted molar refractivity (Wildman–Crippen MR) is 46.4 cm³/mol. The number of nitrogens with one attached hydrogen (secondary N) is 1. The van der Waals surface area contributed by atoms with Gasteiger partial charge in [0.15, 0.2) is 5.78 Å². The van der Waals surface area contributed by atoms with E-state index in [0.717, 1.165) is 0 Å². The molecule has 0 aliphatic heterocycles. The van der Waals surface area contributed by atoms with Crippen LogP contribution in [0.25, 0.3) is 0 Å². The van der Waals surface area contributed by atoms with Crippen molar-refractivity contribution in [3.63, 3.8) is 0 Å². The molecular weight excluding hydrogens is 140 g/mol. The van der Waals surface area contributed by atoms with E-state index in [2.05, 4.69) is 5.32 Å². The molecule has 0 aliphatic rings. The van der Waals surface area contributed by atoms with Crippen LogP contribution >= 0.6 is 0 Å². The fraction of sp³-hybridized carbons (Fsp3) is 0.875. The molecule has 0 aromatic carbocycles. The van der Waals surface area contributed by atoms with Crippen LogP contribution in [0, 0.1) is 0 Å². The second-order valence-corrected chi connectivity index (χ2v) is 3.23. The van der Waals surface area contributed by atoms with Gasteiger partial charge < -0.3 is 11.1 Å². The number of carbonyl (C=O) groups excluding carboxylic acids is 1. The zero-order valence-corrected chi connectivity index (χ0v) is 7.72. The largest absolute Gasteiger partial charge is 0.322 e. The Labute approximate surface area is 68.3 Å². The minimum Gasteiger partial charge on any atom is -0.322 e. The maximum Gasteiger partial charge on any atom is 0.165 e. The van der Waals surface area contributed by atoms with E-state index in [0.29, 0.717) is 6.04 Å². The molecule has 11 heavy (non-hydrogen) atoms. The highest BCUT2D eigenvalue weighted by Gasteiger charge is 2.16. The molecule has 66 valence electrons. The van der Waals surface area contributed by atoms with Crippen molar-refractivity contribution in [3.05, 3.63) is 0 Å². The van der Waals surface area contributed by atoms with Crippen molar-refractivity contribution in [2.24, 2.45) is 5.73 Å². The zero-order valence-electron chi connectivity index (χ0n) is 7.72. The van der Waals surface area contributed by atoms with Crippen LogP contribution < -0.4 is 11.1 Å². The first-order chi connectivity index (χ1) is 4.95. The normalized spacial score (nSPS) is 16.5. The molecule has 0 radical (unpaired) electrons. The lowest BCUT2D eigenvalue weighted by atomic mass is 10.1. The molecule has 0 fully saturated rings. The Morgan fingerprint density at radius 3 is 2.00 bits per heavy atom. The van der Waals surface area contributed by atoms with Crippen LogP contribution in [0.2, 0.25) is 0 Å². The first-order valence-electron chi connectivity index (χ1n) is 4.00. The number of Topliss-reactive ketones (excluding diaryl/α,β-unsaturated/α-hetero) is 1. The van der Waals surface area contributed by atoms with Crippen molar-refractivity contribution in [2.75, 3.05) is 0 Å². The van der Waals surface area contributed by atoms with Crippen LogP contribution in [0.1, 0.15) is 27.7 Å². The highest BCUT2D eigenvalue weighted by Crippen LogP contribution is 1.91. The Kier molecular flexibility index (Phi) is 4.30. The fourth-order valence-electron chi connectivity index (χ4n) is 0.976. The summed E-state index contributed by atoms with van der Waals surface area (Å²) >= 11 is 0. The summed E-state index contributed by atoms with van der Waals surface area (Å²) in [4.78, 5) is 11.2. The third-order valence-electron chi connectivity index (χ3n) is 1.46. The van der Waals surface area contributed by atoms with Gasteiger partial charge in [-0.25, -0.2) is 0 Å². The number of rotatable bonds is 4. The summed E-state index contributed by atoms with van der Waals surface area (Å²) < 4.78 is 0. The van der Waals surface area contributed by atoms with E-state index in [1.807, 2.05) is 20.8 Å². The van der Waals surface area contributed by atoms with Gasteiger partial charge in [0, 0.05) is 6.04 Å². The summed E-state index contributed by atoms with van der Waals surface area (Å²) in [6.07, 6.45) is 0. The highest BCUT2D eigenvalue weighted by molar-refractivity contribution is 5.88. The second-order valence-electron chi connectivity index (χ2n) is 3.23. The lowest BCUT2D eigenvalue weighted by Gasteiger charge is -2.17. The van der Waals surface area contributed by atoms with E-state index >= 15 is 0 Å². The SMILES string of the molecule is CC(C)NC(C)C(=O)C(C)N. The predicted octanol–water partition coefficient (Wildman–Crippen LogP) is 0.289. The summed E-state index contributed by atoms with van der Waals surface area (Å²) in [5.41, 5.74) is 5.42. The second kappa shape index (κ2) is 4.46. The Hall–Kier alpha value is -0.410. The van der Waals surface area contributed by atoms with Crippen LogP contribution in [-0.2, 0) is 4.79 Å². The van der Waals surface area contributed by atoms with Gasteiger partial charge in [0.1, 0.15) is 0 Å². The van der Waals surface area contributed by atoms with E-state index < -0.39 is 0 Å². The van der Waals surface area contributed by atoms with Crippen molar-refractivity contribution < 1.29 is 4.79 Å². The Bertz CT molecular complexity index is 132. The average molecular weight is 158 g/mol. The molecular formula is C8H18N2O. The molecule has 0 saturated heterocycles. The molecule has 0 heterocycles. The number of carbonyl (C=O) groups is 1. The highest BCUT2D eigenvalue weighted by atomic mass is 16.1. The third-order valence-corrected chi connectivity index (χ3v) is 1.46. The lowest BCUT2D eigenvalue weighted by Crippen LogP contribution is -2.45. The third kappa shape index (κ3) is 4.11. The molecule has 0 saturated carbocycles. The molecule has 3 N–H and O–H groups in total. The number of nitrogens with two attached hydrogens (primary N) is 1. The Morgan fingerprint density at radius 1 is 1.27 bits per heavy atom. The van der Waals surface area contributed by atoms with E-state index in [-0.39, 0.29) is 17.9 Å². The molecule has 0 aromatic heterocycles. The van der Waals surface area contributed by atoms with E-state index in [1.165, 1.54) is 0 Å². The van der Waals surface area contributed by atoms with Crippen molar-refractivity contribution in [1.29, 1.82) is 0 Å². The molecule has 0 aliphatic carbocycles. The molecule has 0 rings (SSSR count). The Morgan fingerprint density at radius 2 is 1.73 bits per heavy atom. The summed E-state index contributed by atoms with van der Waals surface area (Å²) in [5, 5.41) is 3.09. The molecule has 0 amide bonds. The van der Waals surface area contributed by atoms with Gasteiger partial charge >= 0.3 is 0 Å². The molecule has 0 spiro atoms. The first-order valence-corrected chi connectivity index (χ1v) is 4.00. The molecule has 3 nitrogen and oxygen atoms in total. The topological polar surface area (TPSA) is 55.1 Å². The number of hydrogen-bond acceptors (Lipinski definition) is 3. The van der Waals surface area contributed by atoms with Crippen LogP contribution in [0.5, 0.6) is 0 Å². The van der Waals surface area contributed by atoms with Gasteiger partial charge in [-0.15, -0.1) is 0 Å². The fourth-order valence-corrected chi connectivity index (χ4v) is 0.976. The van der Waals surface area contributed by atoms with Crippen LogP contribution in [0.3, 0.4) is 0 Å². The minimum atomic E-state index is -0.365. The smallest absolute Gasteiger partial charge is 0.165 e. The van der Waals surface area contributed by atoms with E-state index in [1.54, 1.807) is 6.92 Å². The summed E-state index contributed by atoms with van der Waals surface area (Å²) in [6.45, 7) is 7.56. The summed E-state index contributed by atoms with van der Waals surface area (Å²) in [6, 6.07) is -0.168. The molecule has 0 aromatic rings. The summed E-state index contributed by atoms with van der Waals surface area (Å²) in [7, 11) is 0. The van der Waals surface area contributed by atoms with Gasteiger partial charge in [-0.1, -0.05) is 13.8 Å². The van der Waals surface area contributed by atoms with Crippen LogP contribution in [-0.4, -0.2) is 23.9 Å². The number of ketones is 1. The lowest BCUT2D eigenvalue weighted by molar-refractivity contribution is -0.121. The van der Waals surface area contributed by atoms with Crippen molar-refractivity contribution >= 4 is 5.78 Å².